The Morgan fingerprint density at radius 3 is 2.75 bits per heavy atom. The largest absolute Gasteiger partial charge is 0.389 e. The van der Waals surface area contributed by atoms with E-state index in [4.69, 9.17) is 0 Å². The Kier molecular flexibility index (Phi) is 5.65. The molecule has 2 N–H and O–H groups in total. The second kappa shape index (κ2) is 7.06. The number of hydrogen-bond donors (Lipinski definition) is 2. The molecule has 0 saturated heterocycles. The maximum absolute atomic E-state index is 10.6. The molecule has 0 amide bonds. The zero-order chi connectivity index (χ0) is 14.6. The summed E-state index contributed by atoms with van der Waals surface area (Å²) in [4.78, 5) is 0. The minimum absolute atomic E-state index is 0.387. The van der Waals surface area contributed by atoms with Crippen LogP contribution in [0, 0.1) is 5.92 Å². The van der Waals surface area contributed by atoms with E-state index in [1.165, 1.54) is 12.0 Å². The molecule has 1 saturated carbocycles. The number of benzene rings is 1. The number of nitrogens with one attached hydrogen (secondary N) is 1. The second-order valence-electron chi connectivity index (χ2n) is 6.54. The van der Waals surface area contributed by atoms with Gasteiger partial charge in [0, 0.05) is 17.1 Å². The average molecular weight is 340 g/mol. The molecule has 112 valence electrons. The molecular formula is C17H26BrNO. The van der Waals surface area contributed by atoms with Crippen LogP contribution < -0.4 is 5.32 Å². The lowest BCUT2D eigenvalue weighted by molar-refractivity contribution is -0.0133. The monoisotopic (exact) mass is 339 g/mol. The molecule has 3 unspecified atom stereocenters. The fourth-order valence-corrected chi connectivity index (χ4v) is 3.47. The molecule has 1 aromatic rings. The molecule has 0 aromatic heterocycles. The van der Waals surface area contributed by atoms with Crippen molar-refractivity contribution in [3.8, 4) is 0 Å². The van der Waals surface area contributed by atoms with E-state index in [0.29, 0.717) is 12.0 Å². The first-order valence-corrected chi connectivity index (χ1v) is 8.46. The van der Waals surface area contributed by atoms with Crippen LogP contribution in [-0.4, -0.2) is 23.3 Å². The van der Waals surface area contributed by atoms with Crippen molar-refractivity contribution in [1.82, 2.24) is 5.32 Å². The Balaban J connectivity index is 1.79. The minimum atomic E-state index is -0.494. The van der Waals surface area contributed by atoms with Crippen molar-refractivity contribution in [2.45, 2.75) is 57.6 Å². The third-order valence-electron chi connectivity index (χ3n) is 4.30. The Hall–Kier alpha value is -0.380. The van der Waals surface area contributed by atoms with Crippen LogP contribution in [0.25, 0.3) is 0 Å². The number of aliphatic hydroxyl groups is 1. The summed E-state index contributed by atoms with van der Waals surface area (Å²) in [5.74, 6) is 0.650. The average Bonchev–Trinajstić information content (AvgIpc) is 2.39. The summed E-state index contributed by atoms with van der Waals surface area (Å²) in [5, 5.41) is 14.1. The van der Waals surface area contributed by atoms with Gasteiger partial charge < -0.3 is 10.4 Å². The number of hydrogen-bond acceptors (Lipinski definition) is 2. The van der Waals surface area contributed by atoms with Crippen molar-refractivity contribution in [2.24, 2.45) is 5.92 Å². The van der Waals surface area contributed by atoms with Crippen LogP contribution in [-0.2, 0) is 6.42 Å². The smallest absolute Gasteiger partial charge is 0.0774 e. The third kappa shape index (κ3) is 4.87. The van der Waals surface area contributed by atoms with Crippen LogP contribution in [0.15, 0.2) is 28.7 Å². The summed E-state index contributed by atoms with van der Waals surface area (Å²) in [6.07, 6.45) is 5.29. The zero-order valence-corrected chi connectivity index (χ0v) is 14.1. The van der Waals surface area contributed by atoms with Gasteiger partial charge in [-0.15, -0.1) is 0 Å². The van der Waals surface area contributed by atoms with Gasteiger partial charge in [0.25, 0.3) is 0 Å². The lowest BCUT2D eigenvalue weighted by Gasteiger charge is -2.36. The Labute approximate surface area is 131 Å². The molecule has 0 aliphatic heterocycles. The molecule has 20 heavy (non-hydrogen) atoms. The molecular weight excluding hydrogens is 314 g/mol. The van der Waals surface area contributed by atoms with E-state index < -0.39 is 5.60 Å². The molecule has 0 heterocycles. The van der Waals surface area contributed by atoms with Gasteiger partial charge in [-0.2, -0.15) is 0 Å². The quantitative estimate of drug-likeness (QED) is 0.852. The summed E-state index contributed by atoms with van der Waals surface area (Å²) in [5.41, 5.74) is 0.836. The molecule has 1 fully saturated rings. The topological polar surface area (TPSA) is 32.3 Å². The van der Waals surface area contributed by atoms with Crippen molar-refractivity contribution in [3.05, 3.63) is 34.3 Å². The fourth-order valence-electron chi connectivity index (χ4n) is 3.20. The van der Waals surface area contributed by atoms with Gasteiger partial charge in [-0.3, -0.25) is 0 Å². The van der Waals surface area contributed by atoms with Crippen molar-refractivity contribution < 1.29 is 5.11 Å². The first-order valence-electron chi connectivity index (χ1n) is 7.67. The third-order valence-corrected chi connectivity index (χ3v) is 4.83. The van der Waals surface area contributed by atoms with Crippen molar-refractivity contribution in [1.29, 1.82) is 0 Å². The van der Waals surface area contributed by atoms with Crippen LogP contribution in [0.1, 0.15) is 45.1 Å². The second-order valence-corrected chi connectivity index (χ2v) is 7.45. The van der Waals surface area contributed by atoms with Gasteiger partial charge in [0.1, 0.15) is 0 Å². The summed E-state index contributed by atoms with van der Waals surface area (Å²) < 4.78 is 1.12. The van der Waals surface area contributed by atoms with Gasteiger partial charge in [0.15, 0.2) is 0 Å². The van der Waals surface area contributed by atoms with Crippen molar-refractivity contribution in [3.63, 3.8) is 0 Å². The molecule has 0 spiro atoms. The van der Waals surface area contributed by atoms with E-state index in [9.17, 15) is 5.11 Å². The predicted octanol–water partition coefficient (Wildman–Crippen LogP) is 3.91. The molecule has 1 aliphatic carbocycles. The van der Waals surface area contributed by atoms with Gasteiger partial charge in [-0.25, -0.2) is 0 Å². The van der Waals surface area contributed by atoms with E-state index in [1.54, 1.807) is 0 Å². The molecule has 0 bridgehead atoms. The normalized spacial score (nSPS) is 28.3. The first kappa shape index (κ1) is 16.0. The van der Waals surface area contributed by atoms with E-state index in [2.05, 4.69) is 59.4 Å². The molecule has 1 aromatic carbocycles. The molecule has 1 aliphatic rings. The highest BCUT2D eigenvalue weighted by molar-refractivity contribution is 9.10. The molecule has 0 radical (unpaired) electrons. The predicted molar refractivity (Wildman–Crippen MR) is 87.9 cm³/mol. The fraction of sp³-hybridized carbons (Fsp3) is 0.647. The van der Waals surface area contributed by atoms with Crippen LogP contribution >= 0.6 is 15.9 Å². The van der Waals surface area contributed by atoms with Gasteiger partial charge in [-0.05, 0) is 49.8 Å². The SMILES string of the molecule is CC1CCCC(O)(CNC(C)Cc2ccc(Br)cc2)C1. The summed E-state index contributed by atoms with van der Waals surface area (Å²) in [7, 11) is 0. The maximum Gasteiger partial charge on any atom is 0.0774 e. The first-order chi connectivity index (χ1) is 9.47. The van der Waals surface area contributed by atoms with Gasteiger partial charge >= 0.3 is 0 Å². The van der Waals surface area contributed by atoms with Crippen LogP contribution in [0.4, 0.5) is 0 Å². The lowest BCUT2D eigenvalue weighted by atomic mass is 9.79. The van der Waals surface area contributed by atoms with Crippen LogP contribution in [0.2, 0.25) is 0 Å². The van der Waals surface area contributed by atoms with Crippen molar-refractivity contribution in [2.75, 3.05) is 6.54 Å². The molecule has 3 atom stereocenters. The Bertz CT molecular complexity index is 420. The van der Waals surface area contributed by atoms with E-state index >= 15 is 0 Å². The van der Waals surface area contributed by atoms with Gasteiger partial charge in [-0.1, -0.05) is 47.8 Å². The molecule has 2 rings (SSSR count). The van der Waals surface area contributed by atoms with Crippen LogP contribution in [0.5, 0.6) is 0 Å². The minimum Gasteiger partial charge on any atom is -0.389 e. The standard InChI is InChI=1S/C17H26BrNO/c1-13-4-3-9-17(20,11-13)12-19-14(2)10-15-5-7-16(18)8-6-15/h5-8,13-14,19-20H,3-4,9-12H2,1-2H3. The van der Waals surface area contributed by atoms with Gasteiger partial charge in [0.2, 0.25) is 0 Å². The highest BCUT2D eigenvalue weighted by Gasteiger charge is 2.32. The summed E-state index contributed by atoms with van der Waals surface area (Å²) >= 11 is 3.46. The summed E-state index contributed by atoms with van der Waals surface area (Å²) in [6, 6.07) is 8.85. The van der Waals surface area contributed by atoms with E-state index in [-0.39, 0.29) is 0 Å². The maximum atomic E-state index is 10.6. The number of halogens is 1. The van der Waals surface area contributed by atoms with Crippen LogP contribution in [0.3, 0.4) is 0 Å². The number of rotatable bonds is 5. The van der Waals surface area contributed by atoms with Gasteiger partial charge in [0.05, 0.1) is 5.60 Å². The van der Waals surface area contributed by atoms with E-state index in [1.807, 2.05) is 0 Å². The highest BCUT2D eigenvalue weighted by atomic mass is 79.9. The lowest BCUT2D eigenvalue weighted by Crippen LogP contribution is -2.46. The van der Waals surface area contributed by atoms with E-state index in [0.717, 1.165) is 36.7 Å². The highest BCUT2D eigenvalue weighted by Crippen LogP contribution is 2.31. The van der Waals surface area contributed by atoms with Crippen molar-refractivity contribution >= 4 is 15.9 Å². The Morgan fingerprint density at radius 1 is 1.40 bits per heavy atom. The molecule has 2 nitrogen and oxygen atoms in total. The Morgan fingerprint density at radius 2 is 2.10 bits per heavy atom. The zero-order valence-electron chi connectivity index (χ0n) is 12.5. The summed E-state index contributed by atoms with van der Waals surface area (Å²) in [6.45, 7) is 5.15. The molecule has 3 heteroatoms.